The second kappa shape index (κ2) is 3.91. The molecule has 0 rings (SSSR count). The molecule has 9 heavy (non-hydrogen) atoms. The Hall–Kier alpha value is -0.0126. The minimum Gasteiger partial charge on any atom is -0.547 e. The van der Waals surface area contributed by atoms with E-state index in [4.69, 9.17) is 10.2 Å². The van der Waals surface area contributed by atoms with E-state index in [1.54, 1.807) is 0 Å². The number of carbonyl (C=O) groups is 1. The topological polar surface area (TPSA) is 80.6 Å². The van der Waals surface area contributed by atoms with Crippen LogP contribution in [0.3, 0.4) is 0 Å². The first kappa shape index (κ1) is 11.7. The largest absolute Gasteiger partial charge is 1.00 e. The van der Waals surface area contributed by atoms with Crippen LogP contribution in [-0.2, 0) is 4.79 Å². The van der Waals surface area contributed by atoms with Crippen molar-refractivity contribution in [3.8, 4) is 0 Å². The molecule has 0 bridgehead atoms. The van der Waals surface area contributed by atoms with Crippen LogP contribution in [0.4, 0.5) is 0 Å². The van der Waals surface area contributed by atoms with Crippen LogP contribution in [0.2, 0.25) is 0 Å². The number of hydrogen-bond donors (Lipinski definition) is 2. The summed E-state index contributed by atoms with van der Waals surface area (Å²) >= 11 is 0. The van der Waals surface area contributed by atoms with Gasteiger partial charge in [-0.3, -0.25) is 0 Å². The number of carboxylic acids is 1. The van der Waals surface area contributed by atoms with Gasteiger partial charge in [-0.25, -0.2) is 0 Å². The Morgan fingerprint density at radius 3 is 2.11 bits per heavy atom. The third kappa shape index (κ3) is 3.54. The molecule has 0 aliphatic rings. The minimum absolute atomic E-state index is 0. The molecule has 2 N–H and O–H groups in total. The van der Waals surface area contributed by atoms with E-state index in [0.717, 1.165) is 6.92 Å². The van der Waals surface area contributed by atoms with Gasteiger partial charge in [0, 0.05) is 0 Å². The fraction of sp³-hybridized carbons (Fsp3) is 0.750. The third-order valence-electron chi connectivity index (χ3n) is 0.748. The Balaban J connectivity index is 0. The molecule has 0 aromatic heterocycles. The molecular formula is C4H7LiO4. The number of hydrogen-bond acceptors (Lipinski definition) is 4. The van der Waals surface area contributed by atoms with Crippen LogP contribution in [-0.4, -0.2) is 28.4 Å². The molecule has 4 nitrogen and oxygen atoms in total. The van der Waals surface area contributed by atoms with Crippen LogP contribution in [0, 0.1) is 0 Å². The van der Waals surface area contributed by atoms with Gasteiger partial charge in [-0.05, 0) is 6.92 Å². The van der Waals surface area contributed by atoms with Crippen molar-refractivity contribution in [1.29, 1.82) is 0 Å². The summed E-state index contributed by atoms with van der Waals surface area (Å²) in [6.07, 6.45) is 0. The summed E-state index contributed by atoms with van der Waals surface area (Å²) in [5, 5.41) is 26.3. The molecule has 0 radical (unpaired) electrons. The zero-order valence-corrected chi connectivity index (χ0v) is 5.42. The molecule has 1 atom stereocenters. The zero-order chi connectivity index (χ0) is 6.78. The average molecular weight is 126 g/mol. The van der Waals surface area contributed by atoms with E-state index in [1.165, 1.54) is 0 Å². The predicted molar refractivity (Wildman–Crippen MR) is 22.7 cm³/mol. The molecule has 0 unspecified atom stereocenters. The van der Waals surface area contributed by atoms with Gasteiger partial charge in [-0.1, -0.05) is 0 Å². The van der Waals surface area contributed by atoms with Crippen LogP contribution in [0.5, 0.6) is 0 Å². The van der Waals surface area contributed by atoms with Crippen molar-refractivity contribution in [2.45, 2.75) is 12.5 Å². The quantitative estimate of drug-likeness (QED) is 0.361. The molecule has 0 aliphatic heterocycles. The van der Waals surface area contributed by atoms with E-state index in [1.807, 2.05) is 0 Å². The Morgan fingerprint density at radius 2 is 2.11 bits per heavy atom. The average Bonchev–Trinajstić information content (AvgIpc) is 1.67. The van der Waals surface area contributed by atoms with Gasteiger partial charge in [0.15, 0.2) is 0 Å². The van der Waals surface area contributed by atoms with Gasteiger partial charge in [0.25, 0.3) is 0 Å². The molecule has 0 saturated heterocycles. The number of carboxylic acid groups (broad SMARTS) is 1. The van der Waals surface area contributed by atoms with Crippen molar-refractivity contribution in [3.63, 3.8) is 0 Å². The molecule has 0 aromatic rings. The Kier molecular flexibility index (Phi) is 5.10. The second-order valence-corrected chi connectivity index (χ2v) is 1.72. The first-order chi connectivity index (χ1) is 3.50. The summed E-state index contributed by atoms with van der Waals surface area (Å²) in [5.41, 5.74) is -2.10. The van der Waals surface area contributed by atoms with Crippen molar-refractivity contribution in [2.75, 3.05) is 6.61 Å². The Bertz CT molecular complexity index is 101. The predicted octanol–water partition coefficient (Wildman–Crippen LogP) is -5.52. The maximum absolute atomic E-state index is 9.73. The summed E-state index contributed by atoms with van der Waals surface area (Å²) in [5.74, 6) is -1.67. The molecule has 48 valence electrons. The van der Waals surface area contributed by atoms with E-state index < -0.39 is 18.2 Å². The van der Waals surface area contributed by atoms with E-state index in [-0.39, 0.29) is 18.9 Å². The number of aliphatic hydroxyl groups excluding tert-OH is 1. The van der Waals surface area contributed by atoms with Crippen LogP contribution in [0.25, 0.3) is 0 Å². The van der Waals surface area contributed by atoms with Crippen molar-refractivity contribution in [3.05, 3.63) is 0 Å². The fourth-order valence-corrected chi connectivity index (χ4v) is 0.0645. The first-order valence-electron chi connectivity index (χ1n) is 2.05. The molecule has 0 fully saturated rings. The van der Waals surface area contributed by atoms with Crippen molar-refractivity contribution < 1.29 is 39.0 Å². The number of carbonyl (C=O) groups excluding carboxylic acids is 1. The molecule has 0 saturated carbocycles. The smallest absolute Gasteiger partial charge is 0.547 e. The van der Waals surface area contributed by atoms with E-state index in [0.29, 0.717) is 0 Å². The second-order valence-electron chi connectivity index (χ2n) is 1.72. The minimum atomic E-state index is -2.10. The maximum Gasteiger partial charge on any atom is 1.00 e. The van der Waals surface area contributed by atoms with Gasteiger partial charge in [0.2, 0.25) is 0 Å². The van der Waals surface area contributed by atoms with Gasteiger partial charge in [-0.15, -0.1) is 0 Å². The molecule has 0 aromatic carbocycles. The summed E-state index contributed by atoms with van der Waals surface area (Å²) in [6, 6.07) is 0. The summed E-state index contributed by atoms with van der Waals surface area (Å²) in [4.78, 5) is 9.73. The van der Waals surface area contributed by atoms with Crippen LogP contribution in [0.15, 0.2) is 0 Å². The normalized spacial score (nSPS) is 15.4. The van der Waals surface area contributed by atoms with Crippen LogP contribution < -0.4 is 24.0 Å². The molecule has 0 heterocycles. The van der Waals surface area contributed by atoms with Gasteiger partial charge >= 0.3 is 18.9 Å². The number of rotatable bonds is 2. The molecular weight excluding hydrogens is 119 g/mol. The van der Waals surface area contributed by atoms with E-state index in [9.17, 15) is 9.90 Å². The fourth-order valence-electron chi connectivity index (χ4n) is 0.0645. The van der Waals surface area contributed by atoms with Gasteiger partial charge in [-0.2, -0.15) is 0 Å². The maximum atomic E-state index is 9.73. The summed E-state index contributed by atoms with van der Waals surface area (Å²) in [6.45, 7) is 0.137. The van der Waals surface area contributed by atoms with Gasteiger partial charge < -0.3 is 20.1 Å². The molecule has 0 spiro atoms. The zero-order valence-electron chi connectivity index (χ0n) is 5.42. The van der Waals surface area contributed by atoms with Gasteiger partial charge in [0.05, 0.1) is 12.6 Å². The number of aliphatic hydroxyl groups is 2. The van der Waals surface area contributed by atoms with E-state index >= 15 is 0 Å². The van der Waals surface area contributed by atoms with Crippen LogP contribution in [0.1, 0.15) is 6.92 Å². The molecule has 0 amide bonds. The van der Waals surface area contributed by atoms with Crippen molar-refractivity contribution in [2.24, 2.45) is 0 Å². The van der Waals surface area contributed by atoms with Crippen molar-refractivity contribution in [1.82, 2.24) is 0 Å². The molecule has 5 heteroatoms. The monoisotopic (exact) mass is 126 g/mol. The summed E-state index contributed by atoms with van der Waals surface area (Å²) in [7, 11) is 0. The van der Waals surface area contributed by atoms with E-state index in [2.05, 4.69) is 0 Å². The van der Waals surface area contributed by atoms with Gasteiger partial charge in [0.1, 0.15) is 5.60 Å². The van der Waals surface area contributed by atoms with Crippen LogP contribution >= 0.6 is 0 Å². The third-order valence-corrected chi connectivity index (χ3v) is 0.748. The standard InChI is InChI=1S/C4H8O4.Li/c1-4(8,2-5)3(6)7;/h5,8H,2H2,1H3,(H,6,7);/q;+1/p-1/t4-;/m1./s1. The Morgan fingerprint density at radius 1 is 1.78 bits per heavy atom. The first-order valence-corrected chi connectivity index (χ1v) is 2.05. The molecule has 0 aliphatic carbocycles. The van der Waals surface area contributed by atoms with Crippen molar-refractivity contribution >= 4 is 5.97 Å². The SMILES string of the molecule is C[C@@](O)(CO)C(=O)[O-].[Li+]. The Labute approximate surface area is 64.7 Å². The number of aliphatic carboxylic acids is 1. The summed E-state index contributed by atoms with van der Waals surface area (Å²) < 4.78 is 0.